The van der Waals surface area contributed by atoms with Crippen LogP contribution in [-0.4, -0.2) is 31.1 Å². The molecule has 142 valence electrons. The van der Waals surface area contributed by atoms with E-state index in [1.54, 1.807) is 0 Å². The van der Waals surface area contributed by atoms with Crippen molar-refractivity contribution in [3.05, 3.63) is 52.0 Å². The van der Waals surface area contributed by atoms with Crippen LogP contribution < -0.4 is 10.6 Å². The number of nitrogens with zero attached hydrogens (tertiary/aromatic N) is 2. The zero-order valence-electron chi connectivity index (χ0n) is 15.6. The number of aromatic nitrogens is 1. The van der Waals surface area contributed by atoms with Crippen molar-refractivity contribution in [2.24, 2.45) is 10.4 Å². The van der Waals surface area contributed by atoms with Gasteiger partial charge < -0.3 is 10.6 Å². The van der Waals surface area contributed by atoms with E-state index in [0.29, 0.717) is 5.41 Å². The lowest BCUT2D eigenvalue weighted by Crippen LogP contribution is -2.41. The molecule has 1 heterocycles. The number of halogens is 1. The lowest BCUT2D eigenvalue weighted by atomic mass is 9.96. The largest absolute Gasteiger partial charge is 0.356 e. The van der Waals surface area contributed by atoms with E-state index < -0.39 is 0 Å². The molecule has 1 aromatic heterocycles. The first-order valence-electron chi connectivity index (χ1n) is 9.15. The minimum absolute atomic E-state index is 0. The highest BCUT2D eigenvalue weighted by Crippen LogP contribution is 2.47. The first-order chi connectivity index (χ1) is 12.2. The van der Waals surface area contributed by atoms with Gasteiger partial charge in [-0.25, -0.2) is 4.98 Å². The third kappa shape index (κ3) is 6.23. The number of benzene rings is 1. The molecule has 1 fully saturated rings. The van der Waals surface area contributed by atoms with Crippen LogP contribution in [0.5, 0.6) is 0 Å². The highest BCUT2D eigenvalue weighted by Gasteiger charge is 2.42. The first-order valence-corrected chi connectivity index (χ1v) is 9.97. The van der Waals surface area contributed by atoms with E-state index in [1.165, 1.54) is 28.3 Å². The molecule has 1 aliphatic carbocycles. The maximum absolute atomic E-state index is 4.47. The summed E-state index contributed by atoms with van der Waals surface area (Å²) in [6.07, 6.45) is 7.75. The van der Waals surface area contributed by atoms with Crippen molar-refractivity contribution in [1.82, 2.24) is 15.6 Å². The fraction of sp³-hybridized carbons (Fsp3) is 0.500. The van der Waals surface area contributed by atoms with Crippen LogP contribution >= 0.6 is 35.3 Å². The van der Waals surface area contributed by atoms with Gasteiger partial charge in [-0.15, -0.1) is 35.3 Å². The fourth-order valence-corrected chi connectivity index (χ4v) is 3.89. The van der Waals surface area contributed by atoms with Gasteiger partial charge in [0.1, 0.15) is 0 Å². The quantitative estimate of drug-likeness (QED) is 0.338. The second-order valence-corrected chi connectivity index (χ2v) is 8.04. The average molecular weight is 484 g/mol. The van der Waals surface area contributed by atoms with E-state index in [4.69, 9.17) is 0 Å². The minimum Gasteiger partial charge on any atom is -0.356 e. The van der Waals surface area contributed by atoms with E-state index in [1.807, 2.05) is 24.6 Å². The van der Waals surface area contributed by atoms with E-state index in [-0.39, 0.29) is 24.0 Å². The molecular formula is C20H29IN4S. The summed E-state index contributed by atoms with van der Waals surface area (Å²) in [6, 6.07) is 10.8. The van der Waals surface area contributed by atoms with Crippen molar-refractivity contribution >= 4 is 41.3 Å². The molecule has 3 rings (SSSR count). The standard InChI is InChI=1S/C20H28N4S.HI/c1-3-17-14-23-18(25-17)9-12-22-19(21-2)24-15-20(10-11-20)13-16-7-5-4-6-8-16;/h4-8,14H,3,9-13,15H2,1-2H3,(H2,21,22,24);1H. The fourth-order valence-electron chi connectivity index (χ4n) is 3.03. The number of hydrogen-bond donors (Lipinski definition) is 2. The molecule has 6 heteroatoms. The van der Waals surface area contributed by atoms with E-state index in [9.17, 15) is 0 Å². The second kappa shape index (κ2) is 10.3. The van der Waals surface area contributed by atoms with E-state index >= 15 is 0 Å². The van der Waals surface area contributed by atoms with Crippen molar-refractivity contribution in [3.8, 4) is 0 Å². The average Bonchev–Trinajstić information content (AvgIpc) is 3.25. The molecule has 0 unspecified atom stereocenters. The highest BCUT2D eigenvalue weighted by atomic mass is 127. The summed E-state index contributed by atoms with van der Waals surface area (Å²) in [5.74, 6) is 0.895. The number of aliphatic imine (C=N–C) groups is 1. The molecule has 1 aromatic carbocycles. The molecule has 1 aliphatic rings. The molecule has 0 bridgehead atoms. The molecule has 0 aliphatic heterocycles. The number of aryl methyl sites for hydroxylation is 1. The molecule has 2 aromatic rings. The van der Waals surface area contributed by atoms with E-state index in [2.05, 4.69) is 57.9 Å². The van der Waals surface area contributed by atoms with Gasteiger partial charge in [-0.2, -0.15) is 0 Å². The van der Waals surface area contributed by atoms with Gasteiger partial charge in [-0.05, 0) is 36.7 Å². The van der Waals surface area contributed by atoms with Crippen LogP contribution in [0.4, 0.5) is 0 Å². The van der Waals surface area contributed by atoms with Gasteiger partial charge in [0.2, 0.25) is 0 Å². The second-order valence-electron chi connectivity index (χ2n) is 6.84. The lowest BCUT2D eigenvalue weighted by molar-refractivity contribution is 0.492. The van der Waals surface area contributed by atoms with E-state index in [0.717, 1.165) is 38.3 Å². The Bertz CT molecular complexity index is 695. The third-order valence-corrected chi connectivity index (χ3v) is 6.02. The Balaban J connectivity index is 0.00000243. The smallest absolute Gasteiger partial charge is 0.191 e. The Morgan fingerprint density at radius 1 is 1.23 bits per heavy atom. The summed E-state index contributed by atoms with van der Waals surface area (Å²) in [5.41, 5.74) is 1.84. The monoisotopic (exact) mass is 484 g/mol. The molecule has 0 amide bonds. The molecular weight excluding hydrogens is 455 g/mol. The summed E-state index contributed by atoms with van der Waals surface area (Å²) in [4.78, 5) is 10.2. The predicted octanol–water partition coefficient (Wildman–Crippen LogP) is 4.05. The number of guanidine groups is 1. The Hall–Kier alpha value is -1.15. The minimum atomic E-state index is 0. The van der Waals surface area contributed by atoms with Crippen molar-refractivity contribution in [3.63, 3.8) is 0 Å². The van der Waals surface area contributed by atoms with Crippen molar-refractivity contribution in [1.29, 1.82) is 0 Å². The molecule has 1 saturated carbocycles. The summed E-state index contributed by atoms with van der Waals surface area (Å²) in [7, 11) is 1.84. The zero-order chi connectivity index (χ0) is 17.5. The molecule has 4 nitrogen and oxygen atoms in total. The topological polar surface area (TPSA) is 49.3 Å². The molecule has 26 heavy (non-hydrogen) atoms. The third-order valence-electron chi connectivity index (χ3n) is 4.81. The summed E-state index contributed by atoms with van der Waals surface area (Å²) in [6.45, 7) is 4.02. The predicted molar refractivity (Wildman–Crippen MR) is 122 cm³/mol. The summed E-state index contributed by atoms with van der Waals surface area (Å²) >= 11 is 1.81. The number of hydrogen-bond acceptors (Lipinski definition) is 3. The molecule has 2 N–H and O–H groups in total. The van der Waals surface area contributed by atoms with Gasteiger partial charge >= 0.3 is 0 Å². The van der Waals surface area contributed by atoms with Crippen LogP contribution in [0.2, 0.25) is 0 Å². The normalized spacial score (nSPS) is 15.2. The van der Waals surface area contributed by atoms with Crippen LogP contribution in [0.1, 0.15) is 35.2 Å². The van der Waals surface area contributed by atoms with Gasteiger partial charge in [0, 0.05) is 37.6 Å². The van der Waals surface area contributed by atoms with Crippen molar-refractivity contribution in [2.75, 3.05) is 20.1 Å². The maximum Gasteiger partial charge on any atom is 0.191 e. The van der Waals surface area contributed by atoms with Crippen molar-refractivity contribution < 1.29 is 0 Å². The van der Waals surface area contributed by atoms with Gasteiger partial charge in [0.25, 0.3) is 0 Å². The number of thiazole rings is 1. The van der Waals surface area contributed by atoms with Gasteiger partial charge in [0.05, 0.1) is 5.01 Å². The van der Waals surface area contributed by atoms with Crippen LogP contribution in [0.15, 0.2) is 41.5 Å². The van der Waals surface area contributed by atoms with Crippen molar-refractivity contribution in [2.45, 2.75) is 39.0 Å². The Morgan fingerprint density at radius 3 is 2.62 bits per heavy atom. The van der Waals surface area contributed by atoms with Crippen LogP contribution in [-0.2, 0) is 19.3 Å². The number of rotatable bonds is 8. The summed E-state index contributed by atoms with van der Waals surface area (Å²) in [5, 5.41) is 8.13. The van der Waals surface area contributed by atoms with Crippen LogP contribution in [0, 0.1) is 5.41 Å². The Morgan fingerprint density at radius 2 is 2.00 bits per heavy atom. The first kappa shape index (κ1) is 21.2. The molecule has 0 saturated heterocycles. The number of nitrogens with one attached hydrogen (secondary N) is 2. The van der Waals surface area contributed by atoms with Gasteiger partial charge in [0.15, 0.2) is 5.96 Å². The lowest BCUT2D eigenvalue weighted by Gasteiger charge is -2.18. The molecule has 0 atom stereocenters. The van der Waals surface area contributed by atoms with Crippen LogP contribution in [0.25, 0.3) is 0 Å². The van der Waals surface area contributed by atoms with Gasteiger partial charge in [-0.3, -0.25) is 4.99 Å². The molecule has 0 radical (unpaired) electrons. The summed E-state index contributed by atoms with van der Waals surface area (Å²) < 4.78 is 0. The Kier molecular flexibility index (Phi) is 8.34. The maximum atomic E-state index is 4.47. The zero-order valence-corrected chi connectivity index (χ0v) is 18.8. The highest BCUT2D eigenvalue weighted by molar-refractivity contribution is 14.0. The molecule has 0 spiro atoms. The van der Waals surface area contributed by atoms with Crippen LogP contribution in [0.3, 0.4) is 0 Å². The Labute approximate surface area is 177 Å². The van der Waals surface area contributed by atoms with Gasteiger partial charge in [-0.1, -0.05) is 37.3 Å². The SMILES string of the molecule is CCc1cnc(CCNC(=NC)NCC2(Cc3ccccc3)CC2)s1.I.